The van der Waals surface area contributed by atoms with Gasteiger partial charge in [-0.05, 0) is 37.3 Å². The van der Waals surface area contributed by atoms with E-state index in [2.05, 4.69) is 32.7 Å². The van der Waals surface area contributed by atoms with Crippen LogP contribution in [0.3, 0.4) is 0 Å². The number of pyridine rings is 1. The van der Waals surface area contributed by atoms with Gasteiger partial charge in [0.2, 0.25) is 0 Å². The van der Waals surface area contributed by atoms with Gasteiger partial charge in [0.1, 0.15) is 5.65 Å². The standard InChI is InChI=1S/C17H20N4O2/c1-2-23-17(22)15-7-18-11-21(15)10-14-9-20-8-13(12-3-4-12)5-6-16(20)19-14/h5-9,11-12,17,22H,2-4,10H2,1H3. The van der Waals surface area contributed by atoms with Crippen molar-refractivity contribution < 1.29 is 9.84 Å². The first-order chi connectivity index (χ1) is 11.2. The molecule has 23 heavy (non-hydrogen) atoms. The van der Waals surface area contributed by atoms with Crippen LogP contribution in [0.2, 0.25) is 0 Å². The van der Waals surface area contributed by atoms with Crippen molar-refractivity contribution in [2.75, 3.05) is 6.61 Å². The molecule has 1 unspecified atom stereocenters. The Bertz CT molecular complexity index is 819. The number of nitrogens with zero attached hydrogens (tertiary/aromatic N) is 4. The van der Waals surface area contributed by atoms with E-state index < -0.39 is 6.29 Å². The number of fused-ring (bicyclic) bond motifs is 1. The third-order valence-electron chi connectivity index (χ3n) is 4.23. The van der Waals surface area contributed by atoms with Crippen molar-refractivity contribution >= 4 is 5.65 Å². The van der Waals surface area contributed by atoms with Gasteiger partial charge in [0.15, 0.2) is 6.29 Å². The zero-order chi connectivity index (χ0) is 15.8. The molecule has 0 saturated heterocycles. The molecule has 4 rings (SSSR count). The van der Waals surface area contributed by atoms with Crippen LogP contribution in [0.5, 0.6) is 0 Å². The van der Waals surface area contributed by atoms with Gasteiger partial charge >= 0.3 is 0 Å². The molecule has 0 aromatic carbocycles. The van der Waals surface area contributed by atoms with Crippen LogP contribution in [0.25, 0.3) is 5.65 Å². The number of rotatable bonds is 6. The maximum absolute atomic E-state index is 10.0. The van der Waals surface area contributed by atoms with Gasteiger partial charge in [-0.25, -0.2) is 9.97 Å². The minimum atomic E-state index is -0.957. The topological polar surface area (TPSA) is 64.6 Å². The molecule has 120 valence electrons. The number of aliphatic hydroxyl groups excluding tert-OH is 1. The molecule has 6 nitrogen and oxygen atoms in total. The van der Waals surface area contributed by atoms with E-state index in [-0.39, 0.29) is 0 Å². The van der Waals surface area contributed by atoms with E-state index in [1.54, 1.807) is 12.5 Å². The van der Waals surface area contributed by atoms with Gasteiger partial charge in [0.25, 0.3) is 0 Å². The number of aromatic nitrogens is 4. The Morgan fingerprint density at radius 3 is 3.00 bits per heavy atom. The van der Waals surface area contributed by atoms with Crippen LogP contribution in [0, 0.1) is 0 Å². The van der Waals surface area contributed by atoms with E-state index in [0.717, 1.165) is 17.3 Å². The first-order valence-corrected chi connectivity index (χ1v) is 8.02. The molecule has 1 aliphatic rings. The zero-order valence-corrected chi connectivity index (χ0v) is 13.1. The molecule has 3 heterocycles. The summed E-state index contributed by atoms with van der Waals surface area (Å²) in [5.41, 5.74) is 3.90. The minimum Gasteiger partial charge on any atom is -0.363 e. The quantitative estimate of drug-likeness (QED) is 0.710. The van der Waals surface area contributed by atoms with Crippen LogP contribution in [0.1, 0.15) is 48.9 Å². The third kappa shape index (κ3) is 2.87. The fraction of sp³-hybridized carbons (Fsp3) is 0.412. The molecule has 0 spiro atoms. The van der Waals surface area contributed by atoms with Crippen LogP contribution >= 0.6 is 0 Å². The SMILES string of the molecule is CCOC(O)c1cncn1Cc1cn2cc(C3CC3)ccc2n1. The van der Waals surface area contributed by atoms with Crippen LogP contribution in [0.4, 0.5) is 0 Å². The van der Waals surface area contributed by atoms with E-state index in [9.17, 15) is 5.11 Å². The van der Waals surface area contributed by atoms with Gasteiger partial charge in [-0.15, -0.1) is 0 Å². The Balaban J connectivity index is 1.59. The van der Waals surface area contributed by atoms with E-state index in [4.69, 9.17) is 4.74 Å². The van der Waals surface area contributed by atoms with Crippen LogP contribution < -0.4 is 0 Å². The molecule has 6 heteroatoms. The molecule has 1 fully saturated rings. The van der Waals surface area contributed by atoms with Crippen molar-refractivity contribution in [2.24, 2.45) is 0 Å². The van der Waals surface area contributed by atoms with Gasteiger partial charge in [-0.2, -0.15) is 0 Å². The van der Waals surface area contributed by atoms with E-state index >= 15 is 0 Å². The average Bonchev–Trinajstić information content (AvgIpc) is 3.16. The molecular formula is C17H20N4O2. The first kappa shape index (κ1) is 14.4. The number of hydrogen-bond acceptors (Lipinski definition) is 4. The van der Waals surface area contributed by atoms with Gasteiger partial charge in [0.05, 0.1) is 30.5 Å². The summed E-state index contributed by atoms with van der Waals surface area (Å²) in [6.45, 7) is 2.86. The van der Waals surface area contributed by atoms with E-state index in [0.29, 0.717) is 18.8 Å². The highest BCUT2D eigenvalue weighted by atomic mass is 16.6. The molecule has 1 atom stereocenters. The highest BCUT2D eigenvalue weighted by Crippen LogP contribution is 2.39. The van der Waals surface area contributed by atoms with E-state index in [1.165, 1.54) is 18.4 Å². The lowest BCUT2D eigenvalue weighted by Crippen LogP contribution is -2.10. The zero-order valence-electron chi connectivity index (χ0n) is 13.1. The van der Waals surface area contributed by atoms with Gasteiger partial charge in [-0.3, -0.25) is 0 Å². The Kier molecular flexibility index (Phi) is 3.63. The highest BCUT2D eigenvalue weighted by molar-refractivity contribution is 5.42. The average molecular weight is 312 g/mol. The lowest BCUT2D eigenvalue weighted by atomic mass is 10.2. The molecule has 0 aliphatic heterocycles. The minimum absolute atomic E-state index is 0.449. The molecule has 0 amide bonds. The Morgan fingerprint density at radius 2 is 2.22 bits per heavy atom. The predicted molar refractivity (Wildman–Crippen MR) is 85.1 cm³/mol. The van der Waals surface area contributed by atoms with Crippen molar-refractivity contribution in [2.45, 2.75) is 38.5 Å². The molecule has 1 saturated carbocycles. The van der Waals surface area contributed by atoms with Crippen molar-refractivity contribution in [3.8, 4) is 0 Å². The highest BCUT2D eigenvalue weighted by Gasteiger charge is 2.23. The van der Waals surface area contributed by atoms with Gasteiger partial charge in [-0.1, -0.05) is 6.07 Å². The normalized spacial score (nSPS) is 16.1. The van der Waals surface area contributed by atoms with Gasteiger partial charge in [0, 0.05) is 19.0 Å². The fourth-order valence-electron chi connectivity index (χ4n) is 2.88. The fourth-order valence-corrected chi connectivity index (χ4v) is 2.88. The van der Waals surface area contributed by atoms with Crippen LogP contribution in [-0.2, 0) is 11.3 Å². The molecule has 0 radical (unpaired) electrons. The number of hydrogen-bond donors (Lipinski definition) is 1. The Labute approximate surface area is 134 Å². The largest absolute Gasteiger partial charge is 0.363 e. The molecule has 3 aromatic rings. The monoisotopic (exact) mass is 312 g/mol. The second-order valence-corrected chi connectivity index (χ2v) is 5.99. The first-order valence-electron chi connectivity index (χ1n) is 8.02. The Hall–Kier alpha value is -2.18. The summed E-state index contributed by atoms with van der Waals surface area (Å²) in [7, 11) is 0. The molecular weight excluding hydrogens is 292 g/mol. The van der Waals surface area contributed by atoms with Crippen molar-refractivity contribution in [1.82, 2.24) is 18.9 Å². The smallest absolute Gasteiger partial charge is 0.198 e. The van der Waals surface area contributed by atoms with Crippen molar-refractivity contribution in [3.05, 3.63) is 54.0 Å². The lowest BCUT2D eigenvalue weighted by molar-refractivity contribution is -0.102. The summed E-state index contributed by atoms with van der Waals surface area (Å²) in [6, 6.07) is 4.24. The van der Waals surface area contributed by atoms with E-state index in [1.807, 2.05) is 17.7 Å². The molecule has 0 bridgehead atoms. The van der Waals surface area contributed by atoms with Crippen LogP contribution in [0.15, 0.2) is 37.1 Å². The predicted octanol–water partition coefficient (Wildman–Crippen LogP) is 2.48. The summed E-state index contributed by atoms with van der Waals surface area (Å²) in [4.78, 5) is 8.76. The summed E-state index contributed by atoms with van der Waals surface area (Å²) in [5.74, 6) is 0.729. The summed E-state index contributed by atoms with van der Waals surface area (Å²) in [6.07, 6.45) is 9.16. The number of aliphatic hydroxyl groups is 1. The summed E-state index contributed by atoms with van der Waals surface area (Å²) in [5, 5.41) is 10.0. The maximum Gasteiger partial charge on any atom is 0.198 e. The maximum atomic E-state index is 10.0. The third-order valence-corrected chi connectivity index (χ3v) is 4.23. The second kappa shape index (κ2) is 5.79. The van der Waals surface area contributed by atoms with Crippen LogP contribution in [-0.4, -0.2) is 30.6 Å². The summed E-state index contributed by atoms with van der Waals surface area (Å²) < 4.78 is 9.19. The van der Waals surface area contributed by atoms with Crippen molar-refractivity contribution in [3.63, 3.8) is 0 Å². The lowest BCUT2D eigenvalue weighted by Gasteiger charge is -2.12. The summed E-state index contributed by atoms with van der Waals surface area (Å²) >= 11 is 0. The number of ether oxygens (including phenoxy) is 1. The van der Waals surface area contributed by atoms with Crippen molar-refractivity contribution in [1.29, 1.82) is 0 Å². The number of imidazole rings is 2. The molecule has 1 aliphatic carbocycles. The second-order valence-electron chi connectivity index (χ2n) is 5.99. The Morgan fingerprint density at radius 1 is 1.35 bits per heavy atom. The molecule has 3 aromatic heterocycles. The van der Waals surface area contributed by atoms with Gasteiger partial charge < -0.3 is 18.8 Å². The molecule has 1 N–H and O–H groups in total.